The third-order valence-corrected chi connectivity index (χ3v) is 3.93. The molecule has 0 spiro atoms. The molecular weight excluding hydrogens is 339 g/mol. The zero-order valence-electron chi connectivity index (χ0n) is 14.5. The lowest BCUT2D eigenvalue weighted by atomic mass is 10.1. The number of benzene rings is 1. The number of fused-ring (bicyclic) bond motifs is 1. The van der Waals surface area contributed by atoms with Crippen LogP contribution in [-0.4, -0.2) is 22.6 Å². The largest absolute Gasteiger partial charge is 0.453 e. The molecular formula is C18H19FN4O3. The molecule has 0 atom stereocenters. The normalized spacial score (nSPS) is 10.9. The van der Waals surface area contributed by atoms with Crippen LogP contribution in [0.3, 0.4) is 0 Å². The quantitative estimate of drug-likeness (QED) is 0.523. The van der Waals surface area contributed by atoms with Crippen LogP contribution in [-0.2, 0) is 22.7 Å². The van der Waals surface area contributed by atoms with Crippen LogP contribution in [0, 0.1) is 12.7 Å². The molecule has 26 heavy (non-hydrogen) atoms. The molecule has 0 fully saturated rings. The molecule has 2 N–H and O–H groups in total. The second-order valence-corrected chi connectivity index (χ2v) is 5.57. The van der Waals surface area contributed by atoms with Crippen LogP contribution >= 0.6 is 0 Å². The maximum atomic E-state index is 14.1. The van der Waals surface area contributed by atoms with Crippen molar-refractivity contribution in [3.63, 3.8) is 0 Å². The minimum Gasteiger partial charge on any atom is -0.453 e. The van der Waals surface area contributed by atoms with E-state index in [-0.39, 0.29) is 18.7 Å². The van der Waals surface area contributed by atoms with Gasteiger partial charge in [0, 0.05) is 11.8 Å². The van der Waals surface area contributed by atoms with Gasteiger partial charge in [-0.25, -0.2) is 14.2 Å². The Morgan fingerprint density at radius 2 is 2.12 bits per heavy atom. The van der Waals surface area contributed by atoms with Crippen molar-refractivity contribution in [2.75, 3.05) is 12.4 Å². The average molecular weight is 358 g/mol. The van der Waals surface area contributed by atoms with Gasteiger partial charge in [0.1, 0.15) is 18.1 Å². The van der Waals surface area contributed by atoms with Crippen LogP contribution in [0.25, 0.3) is 5.65 Å². The number of nitrogens with one attached hydrogen (secondary N) is 2. The summed E-state index contributed by atoms with van der Waals surface area (Å²) in [6.45, 7) is 2.23. The number of aryl methyl sites for hydroxylation is 1. The summed E-state index contributed by atoms with van der Waals surface area (Å²) in [6.07, 6.45) is 1.24. The molecule has 0 saturated carbocycles. The number of hydrogen-bond donors (Lipinski definition) is 2. The Hall–Kier alpha value is -2.97. The van der Waals surface area contributed by atoms with E-state index in [9.17, 15) is 9.18 Å². The van der Waals surface area contributed by atoms with Crippen molar-refractivity contribution in [1.29, 1.82) is 0 Å². The lowest BCUT2D eigenvalue weighted by molar-refractivity contribution is 0.0206. The third-order valence-electron chi connectivity index (χ3n) is 3.93. The lowest BCUT2D eigenvalue weighted by Crippen LogP contribution is -2.19. The van der Waals surface area contributed by atoms with Crippen LogP contribution in [0.1, 0.15) is 17.0 Å². The summed E-state index contributed by atoms with van der Waals surface area (Å²) in [6, 6.07) is 10.1. The number of ether oxygens (including phenoxy) is 1. The fraction of sp³-hybridized carbons (Fsp3) is 0.222. The van der Waals surface area contributed by atoms with E-state index in [4.69, 9.17) is 4.84 Å². The predicted molar refractivity (Wildman–Crippen MR) is 94.0 cm³/mol. The Morgan fingerprint density at radius 1 is 1.27 bits per heavy atom. The standard InChI is InChI=1S/C18H19FN4O3/c1-12-16(23-9-4-3-8-17(23)21-12)11-26-20-10-13-14(19)6-5-7-15(13)22-18(24)25-2/h3-9,20H,10-11H2,1-2H3,(H,22,24). The Labute approximate surface area is 149 Å². The monoisotopic (exact) mass is 358 g/mol. The van der Waals surface area contributed by atoms with Crippen LogP contribution in [0.15, 0.2) is 42.6 Å². The van der Waals surface area contributed by atoms with Gasteiger partial charge < -0.3 is 9.14 Å². The highest BCUT2D eigenvalue weighted by Crippen LogP contribution is 2.19. The number of methoxy groups -OCH3 is 1. The minimum absolute atomic E-state index is 0.0712. The maximum absolute atomic E-state index is 14.1. The van der Waals surface area contributed by atoms with Gasteiger partial charge in [-0.15, -0.1) is 0 Å². The molecule has 0 saturated heterocycles. The van der Waals surface area contributed by atoms with E-state index in [0.29, 0.717) is 5.69 Å². The SMILES string of the molecule is COC(=O)Nc1cccc(F)c1CNOCc1c(C)nc2ccccn12. The molecule has 0 radical (unpaired) electrons. The summed E-state index contributed by atoms with van der Waals surface area (Å²) in [4.78, 5) is 21.3. The van der Waals surface area contributed by atoms with E-state index in [0.717, 1.165) is 17.0 Å². The van der Waals surface area contributed by atoms with Gasteiger partial charge in [-0.2, -0.15) is 5.48 Å². The second-order valence-electron chi connectivity index (χ2n) is 5.57. The van der Waals surface area contributed by atoms with Gasteiger partial charge in [0.25, 0.3) is 0 Å². The molecule has 1 amide bonds. The van der Waals surface area contributed by atoms with Crippen LogP contribution in [0.5, 0.6) is 0 Å². The molecule has 0 aliphatic heterocycles. The molecule has 8 heteroatoms. The number of anilines is 1. The first-order chi connectivity index (χ1) is 12.6. The van der Waals surface area contributed by atoms with E-state index in [1.807, 2.05) is 35.7 Å². The predicted octanol–water partition coefficient (Wildman–Crippen LogP) is 3.18. The first-order valence-electron chi connectivity index (χ1n) is 7.99. The number of nitrogens with zero attached hydrogens (tertiary/aromatic N) is 2. The van der Waals surface area contributed by atoms with Gasteiger partial charge in [-0.1, -0.05) is 12.1 Å². The average Bonchev–Trinajstić information content (AvgIpc) is 2.95. The maximum Gasteiger partial charge on any atom is 0.411 e. The van der Waals surface area contributed by atoms with Crippen molar-refractivity contribution in [2.24, 2.45) is 0 Å². The first kappa shape index (κ1) is 17.8. The molecule has 0 aliphatic carbocycles. The number of halogens is 1. The Bertz CT molecular complexity index is 926. The number of pyridine rings is 1. The summed E-state index contributed by atoms with van der Waals surface area (Å²) in [5.74, 6) is -0.457. The smallest absolute Gasteiger partial charge is 0.411 e. The summed E-state index contributed by atoms with van der Waals surface area (Å²) < 4.78 is 20.6. The van der Waals surface area contributed by atoms with Gasteiger partial charge in [0.15, 0.2) is 0 Å². The van der Waals surface area contributed by atoms with E-state index in [1.165, 1.54) is 19.2 Å². The van der Waals surface area contributed by atoms with Crippen LogP contribution < -0.4 is 10.8 Å². The highest BCUT2D eigenvalue weighted by Gasteiger charge is 2.12. The molecule has 0 bridgehead atoms. The molecule has 3 rings (SSSR count). The number of rotatable bonds is 6. The van der Waals surface area contributed by atoms with Gasteiger partial charge in [0.2, 0.25) is 0 Å². The van der Waals surface area contributed by atoms with Crippen molar-refractivity contribution < 1.29 is 18.8 Å². The van der Waals surface area contributed by atoms with Crippen molar-refractivity contribution in [1.82, 2.24) is 14.9 Å². The Morgan fingerprint density at radius 3 is 2.92 bits per heavy atom. The molecule has 3 aromatic rings. The zero-order valence-corrected chi connectivity index (χ0v) is 14.5. The number of carbonyl (C=O) groups is 1. The number of imidazole rings is 1. The molecule has 2 aromatic heterocycles. The van der Waals surface area contributed by atoms with E-state index in [2.05, 4.69) is 20.5 Å². The molecule has 7 nitrogen and oxygen atoms in total. The molecule has 136 valence electrons. The van der Waals surface area contributed by atoms with Gasteiger partial charge in [-0.3, -0.25) is 10.2 Å². The Balaban J connectivity index is 1.65. The van der Waals surface area contributed by atoms with E-state index in [1.54, 1.807) is 6.07 Å². The summed E-state index contributed by atoms with van der Waals surface area (Å²) in [5, 5.41) is 2.48. The minimum atomic E-state index is -0.667. The van der Waals surface area contributed by atoms with Crippen molar-refractivity contribution in [3.8, 4) is 0 Å². The third kappa shape index (κ3) is 3.81. The van der Waals surface area contributed by atoms with Gasteiger partial charge in [0.05, 0.1) is 30.7 Å². The zero-order chi connectivity index (χ0) is 18.5. The van der Waals surface area contributed by atoms with Gasteiger partial charge >= 0.3 is 6.09 Å². The van der Waals surface area contributed by atoms with E-state index < -0.39 is 11.9 Å². The molecule has 2 heterocycles. The Kier molecular flexibility index (Phi) is 5.45. The molecule has 1 aromatic carbocycles. The fourth-order valence-corrected chi connectivity index (χ4v) is 2.60. The topological polar surface area (TPSA) is 76.9 Å². The van der Waals surface area contributed by atoms with Crippen molar-refractivity contribution >= 4 is 17.4 Å². The van der Waals surface area contributed by atoms with Crippen LogP contribution in [0.2, 0.25) is 0 Å². The lowest BCUT2D eigenvalue weighted by Gasteiger charge is -2.12. The van der Waals surface area contributed by atoms with Crippen molar-refractivity contribution in [2.45, 2.75) is 20.1 Å². The van der Waals surface area contributed by atoms with Crippen LogP contribution in [0.4, 0.5) is 14.9 Å². The molecule has 0 aliphatic rings. The number of hydrogen-bond acceptors (Lipinski definition) is 5. The highest BCUT2D eigenvalue weighted by atomic mass is 19.1. The van der Waals surface area contributed by atoms with E-state index >= 15 is 0 Å². The summed E-state index contributed by atoms with van der Waals surface area (Å²) >= 11 is 0. The number of amides is 1. The number of aromatic nitrogens is 2. The number of carbonyl (C=O) groups excluding carboxylic acids is 1. The van der Waals surface area contributed by atoms with Crippen molar-refractivity contribution in [3.05, 3.63) is 65.4 Å². The second kappa shape index (κ2) is 7.94. The first-order valence-corrected chi connectivity index (χ1v) is 7.99. The summed E-state index contributed by atoms with van der Waals surface area (Å²) in [5.41, 5.74) is 5.91. The fourth-order valence-electron chi connectivity index (χ4n) is 2.60. The molecule has 0 unspecified atom stereocenters. The highest BCUT2D eigenvalue weighted by molar-refractivity contribution is 5.85. The number of hydroxylamine groups is 1. The summed E-state index contributed by atoms with van der Waals surface area (Å²) in [7, 11) is 1.24. The van der Waals surface area contributed by atoms with Gasteiger partial charge in [-0.05, 0) is 31.2 Å².